The fraction of sp³-hybridized carbons (Fsp3) is 0.714. The first-order valence-corrected chi connectivity index (χ1v) is 3.75. The molecule has 0 aromatic carbocycles. The molecule has 9 heavy (non-hydrogen) atoms. The summed E-state index contributed by atoms with van der Waals surface area (Å²) in [5.74, 6) is 0. The highest BCUT2D eigenvalue weighted by molar-refractivity contribution is 6.21. The van der Waals surface area contributed by atoms with Crippen LogP contribution in [0.5, 0.6) is 0 Å². The topological polar surface area (TPSA) is 12.0 Å². The molecule has 0 aromatic rings. The summed E-state index contributed by atoms with van der Waals surface area (Å²) in [5, 5.41) is 3.72. The molecule has 0 heterocycles. The third kappa shape index (κ3) is 1.99. The number of halogens is 1. The van der Waals surface area contributed by atoms with E-state index in [4.69, 9.17) is 11.6 Å². The highest BCUT2D eigenvalue weighted by Crippen LogP contribution is 2.24. The van der Waals surface area contributed by atoms with E-state index in [2.05, 4.69) is 11.9 Å². The molecule has 1 nitrogen and oxygen atoms in total. The summed E-state index contributed by atoms with van der Waals surface area (Å²) in [6.45, 7) is 4.53. The van der Waals surface area contributed by atoms with E-state index in [1.165, 1.54) is 0 Å². The van der Waals surface area contributed by atoms with E-state index < -0.39 is 0 Å². The summed E-state index contributed by atoms with van der Waals surface area (Å²) in [4.78, 5) is 0. The molecule has 0 aromatic heterocycles. The Morgan fingerprint density at radius 3 is 2.78 bits per heavy atom. The van der Waals surface area contributed by atoms with Gasteiger partial charge >= 0.3 is 0 Å². The van der Waals surface area contributed by atoms with Gasteiger partial charge in [-0.15, -0.1) is 18.2 Å². The van der Waals surface area contributed by atoms with Crippen molar-refractivity contribution in [3.63, 3.8) is 0 Å². The van der Waals surface area contributed by atoms with Gasteiger partial charge in [-0.1, -0.05) is 6.08 Å². The Bertz CT molecular complexity index is 97.1. The van der Waals surface area contributed by atoms with Crippen molar-refractivity contribution in [3.8, 4) is 0 Å². The van der Waals surface area contributed by atoms with Gasteiger partial charge < -0.3 is 5.32 Å². The monoisotopic (exact) mass is 145 g/mol. The molecule has 1 aliphatic rings. The molecule has 1 aliphatic carbocycles. The average Bonchev–Trinajstić information content (AvgIpc) is 1.78. The van der Waals surface area contributed by atoms with E-state index in [1.54, 1.807) is 0 Å². The third-order valence-electron chi connectivity index (χ3n) is 1.63. The first-order chi connectivity index (χ1) is 4.33. The minimum atomic E-state index is 0.423. The minimum absolute atomic E-state index is 0.423. The van der Waals surface area contributed by atoms with Crippen LogP contribution in [-0.2, 0) is 0 Å². The summed E-state index contributed by atoms with van der Waals surface area (Å²) >= 11 is 5.76. The molecule has 0 atom stereocenters. The second kappa shape index (κ2) is 3.23. The number of nitrogens with one attached hydrogen (secondary N) is 1. The first-order valence-electron chi connectivity index (χ1n) is 3.31. The molecule has 1 rings (SSSR count). The number of rotatable bonds is 3. The predicted molar refractivity (Wildman–Crippen MR) is 40.9 cm³/mol. The Balaban J connectivity index is 1.97. The van der Waals surface area contributed by atoms with Crippen molar-refractivity contribution >= 4 is 11.6 Å². The van der Waals surface area contributed by atoms with Crippen LogP contribution in [0.15, 0.2) is 12.7 Å². The Kier molecular flexibility index (Phi) is 2.55. The Morgan fingerprint density at radius 2 is 2.33 bits per heavy atom. The van der Waals surface area contributed by atoms with E-state index in [1.807, 2.05) is 6.08 Å². The lowest BCUT2D eigenvalue weighted by molar-refractivity contribution is 0.359. The van der Waals surface area contributed by atoms with Gasteiger partial charge in [0.1, 0.15) is 0 Å². The maximum Gasteiger partial charge on any atom is 0.0365 e. The largest absolute Gasteiger partial charge is 0.310 e. The molecule has 0 amide bonds. The maximum absolute atomic E-state index is 5.76. The van der Waals surface area contributed by atoms with Gasteiger partial charge in [-0.25, -0.2) is 0 Å². The SMILES string of the molecule is C=CCNC1CC(Cl)C1. The molecule has 1 fully saturated rings. The molecule has 1 saturated carbocycles. The molecular formula is C7H12ClN. The first kappa shape index (κ1) is 7.10. The predicted octanol–water partition coefficient (Wildman–Crippen LogP) is 1.53. The van der Waals surface area contributed by atoms with Crippen molar-refractivity contribution in [3.05, 3.63) is 12.7 Å². The summed E-state index contributed by atoms with van der Waals surface area (Å²) in [5.41, 5.74) is 0. The van der Waals surface area contributed by atoms with Gasteiger partial charge in [0.2, 0.25) is 0 Å². The van der Waals surface area contributed by atoms with Crippen LogP contribution in [-0.4, -0.2) is 18.0 Å². The zero-order valence-corrected chi connectivity index (χ0v) is 6.19. The van der Waals surface area contributed by atoms with Crippen molar-refractivity contribution in [2.75, 3.05) is 6.54 Å². The molecule has 0 radical (unpaired) electrons. The van der Waals surface area contributed by atoms with Gasteiger partial charge in [0.15, 0.2) is 0 Å². The van der Waals surface area contributed by atoms with E-state index in [0.717, 1.165) is 19.4 Å². The van der Waals surface area contributed by atoms with E-state index in [-0.39, 0.29) is 0 Å². The van der Waals surface area contributed by atoms with Gasteiger partial charge in [0.25, 0.3) is 0 Å². The Hall–Kier alpha value is -0.0100. The maximum atomic E-state index is 5.76. The van der Waals surface area contributed by atoms with Crippen LogP contribution in [0.4, 0.5) is 0 Å². The van der Waals surface area contributed by atoms with Gasteiger partial charge in [-0.3, -0.25) is 0 Å². The lowest BCUT2D eigenvalue weighted by atomic mass is 9.92. The lowest BCUT2D eigenvalue weighted by Gasteiger charge is -2.31. The summed E-state index contributed by atoms with van der Waals surface area (Å²) in [6.07, 6.45) is 4.12. The third-order valence-corrected chi connectivity index (χ3v) is 1.99. The summed E-state index contributed by atoms with van der Waals surface area (Å²) < 4.78 is 0. The fourth-order valence-corrected chi connectivity index (χ4v) is 1.40. The molecule has 0 spiro atoms. The van der Waals surface area contributed by atoms with Gasteiger partial charge in [-0.2, -0.15) is 0 Å². The highest BCUT2D eigenvalue weighted by atomic mass is 35.5. The van der Waals surface area contributed by atoms with Crippen LogP contribution in [0.1, 0.15) is 12.8 Å². The van der Waals surface area contributed by atoms with Crippen LogP contribution in [0.2, 0.25) is 0 Å². The molecule has 1 N–H and O–H groups in total. The zero-order valence-electron chi connectivity index (χ0n) is 5.44. The van der Waals surface area contributed by atoms with Crippen LogP contribution < -0.4 is 5.32 Å². The minimum Gasteiger partial charge on any atom is -0.310 e. The quantitative estimate of drug-likeness (QED) is 0.469. The molecular weight excluding hydrogens is 134 g/mol. The Morgan fingerprint density at radius 1 is 1.67 bits per heavy atom. The number of hydrogen-bond acceptors (Lipinski definition) is 1. The molecule has 0 unspecified atom stereocenters. The molecule has 52 valence electrons. The average molecular weight is 146 g/mol. The van der Waals surface area contributed by atoms with Crippen LogP contribution in [0.3, 0.4) is 0 Å². The Labute approximate surface area is 61.1 Å². The van der Waals surface area contributed by atoms with Gasteiger partial charge in [0, 0.05) is 18.0 Å². The van der Waals surface area contributed by atoms with Crippen LogP contribution in [0, 0.1) is 0 Å². The van der Waals surface area contributed by atoms with E-state index >= 15 is 0 Å². The van der Waals surface area contributed by atoms with Crippen molar-refractivity contribution in [2.45, 2.75) is 24.3 Å². The number of alkyl halides is 1. The summed E-state index contributed by atoms with van der Waals surface area (Å²) in [7, 11) is 0. The molecule has 0 saturated heterocycles. The second-order valence-electron chi connectivity index (χ2n) is 2.46. The van der Waals surface area contributed by atoms with Crippen molar-refractivity contribution in [2.24, 2.45) is 0 Å². The van der Waals surface area contributed by atoms with Crippen LogP contribution in [0.25, 0.3) is 0 Å². The van der Waals surface area contributed by atoms with Crippen LogP contribution >= 0.6 is 11.6 Å². The van der Waals surface area contributed by atoms with E-state index in [0.29, 0.717) is 11.4 Å². The molecule has 0 aliphatic heterocycles. The summed E-state index contributed by atoms with van der Waals surface area (Å²) in [6, 6.07) is 0.658. The normalized spacial score (nSPS) is 33.4. The fourth-order valence-electron chi connectivity index (χ4n) is 0.965. The smallest absolute Gasteiger partial charge is 0.0365 e. The molecule has 0 bridgehead atoms. The molecule has 2 heteroatoms. The second-order valence-corrected chi connectivity index (χ2v) is 3.08. The van der Waals surface area contributed by atoms with Crippen molar-refractivity contribution in [1.82, 2.24) is 5.32 Å². The van der Waals surface area contributed by atoms with E-state index in [9.17, 15) is 0 Å². The lowest BCUT2D eigenvalue weighted by Crippen LogP contribution is -2.41. The number of hydrogen-bond donors (Lipinski definition) is 1. The van der Waals surface area contributed by atoms with Crippen molar-refractivity contribution in [1.29, 1.82) is 0 Å². The zero-order chi connectivity index (χ0) is 6.69. The van der Waals surface area contributed by atoms with Gasteiger partial charge in [0.05, 0.1) is 0 Å². The highest BCUT2D eigenvalue weighted by Gasteiger charge is 2.25. The van der Waals surface area contributed by atoms with Gasteiger partial charge in [-0.05, 0) is 12.8 Å². The van der Waals surface area contributed by atoms with Crippen molar-refractivity contribution < 1.29 is 0 Å². The standard InChI is InChI=1S/C7H12ClN/c1-2-3-9-7-4-6(8)5-7/h2,6-7,9H,1,3-5H2.